The minimum Gasteiger partial charge on any atom is -0.463 e. The van der Waals surface area contributed by atoms with Crippen LogP contribution in [0.3, 0.4) is 0 Å². The third kappa shape index (κ3) is 29.1. The van der Waals surface area contributed by atoms with Gasteiger partial charge in [0.25, 0.3) is 0 Å². The van der Waals surface area contributed by atoms with Gasteiger partial charge in [0.05, 0.1) is 39.6 Å². The Bertz CT molecular complexity index is 471. The predicted molar refractivity (Wildman–Crippen MR) is 144 cm³/mol. The van der Waals surface area contributed by atoms with E-state index >= 15 is 0 Å². The summed E-state index contributed by atoms with van der Waals surface area (Å²) in [6.07, 6.45) is 19.1. The number of hydrogen-bond donors (Lipinski definition) is 0. The fourth-order valence-electron chi connectivity index (χ4n) is 3.74. The smallest absolute Gasteiger partial charge is 0.305 e. The van der Waals surface area contributed by atoms with Crippen molar-refractivity contribution >= 4 is 11.9 Å². The summed E-state index contributed by atoms with van der Waals surface area (Å²) < 4.78 is 26.6. The van der Waals surface area contributed by atoms with E-state index in [0.29, 0.717) is 52.5 Å². The van der Waals surface area contributed by atoms with Crippen molar-refractivity contribution in [2.75, 3.05) is 52.9 Å². The molecule has 0 aromatic heterocycles. The highest BCUT2D eigenvalue weighted by atomic mass is 16.6. The van der Waals surface area contributed by atoms with Gasteiger partial charge in [0.15, 0.2) is 0 Å². The fraction of sp³-hybridized carbons (Fsp3) is 0.931. The van der Waals surface area contributed by atoms with Crippen molar-refractivity contribution in [1.29, 1.82) is 0 Å². The minimum absolute atomic E-state index is 0.136. The van der Waals surface area contributed by atoms with E-state index in [0.717, 1.165) is 25.7 Å². The Morgan fingerprint density at radius 2 is 0.667 bits per heavy atom. The van der Waals surface area contributed by atoms with Crippen LogP contribution in [-0.4, -0.2) is 64.8 Å². The zero-order chi connectivity index (χ0) is 26.4. The van der Waals surface area contributed by atoms with Crippen molar-refractivity contribution < 1.29 is 33.3 Å². The maximum Gasteiger partial charge on any atom is 0.305 e. The molecule has 0 amide bonds. The molecule has 0 aromatic carbocycles. The standard InChI is InChI=1S/C29H56O7/c1-3-5-7-9-11-12-13-15-17-19-29(31)36-27-25-34-23-21-32-20-22-33-24-26-35-28(30)18-16-14-10-8-6-4-2/h3-27H2,1-2H3. The Balaban J connectivity index is 3.21. The molecule has 0 aromatic rings. The summed E-state index contributed by atoms with van der Waals surface area (Å²) in [4.78, 5) is 23.3. The molecule has 0 heterocycles. The first-order valence-corrected chi connectivity index (χ1v) is 14.7. The second-order valence-corrected chi connectivity index (χ2v) is 9.37. The van der Waals surface area contributed by atoms with Crippen LogP contribution in [0.4, 0.5) is 0 Å². The molecule has 0 spiro atoms. The minimum atomic E-state index is -0.142. The van der Waals surface area contributed by atoms with Crippen LogP contribution in [0.5, 0.6) is 0 Å². The Labute approximate surface area is 221 Å². The van der Waals surface area contributed by atoms with Gasteiger partial charge in [-0.05, 0) is 12.8 Å². The molecule has 0 aliphatic carbocycles. The van der Waals surface area contributed by atoms with Gasteiger partial charge >= 0.3 is 11.9 Å². The lowest BCUT2D eigenvalue weighted by molar-refractivity contribution is -0.146. The highest BCUT2D eigenvalue weighted by molar-refractivity contribution is 5.69. The third-order valence-corrected chi connectivity index (χ3v) is 5.94. The van der Waals surface area contributed by atoms with Crippen LogP contribution in [0.15, 0.2) is 0 Å². The van der Waals surface area contributed by atoms with E-state index in [-0.39, 0.29) is 25.2 Å². The van der Waals surface area contributed by atoms with Crippen LogP contribution in [0.25, 0.3) is 0 Å². The van der Waals surface area contributed by atoms with Crippen molar-refractivity contribution in [3.8, 4) is 0 Å². The molecule has 0 saturated heterocycles. The maximum atomic E-state index is 11.7. The quantitative estimate of drug-likeness (QED) is 0.0799. The lowest BCUT2D eigenvalue weighted by Crippen LogP contribution is -2.15. The molecule has 0 radical (unpaired) electrons. The summed E-state index contributed by atoms with van der Waals surface area (Å²) in [7, 11) is 0. The second kappa shape index (κ2) is 30.0. The van der Waals surface area contributed by atoms with Crippen molar-refractivity contribution in [3.63, 3.8) is 0 Å². The van der Waals surface area contributed by atoms with Crippen molar-refractivity contribution in [3.05, 3.63) is 0 Å². The molecular formula is C29H56O7. The van der Waals surface area contributed by atoms with Crippen molar-refractivity contribution in [1.82, 2.24) is 0 Å². The molecule has 0 saturated carbocycles. The van der Waals surface area contributed by atoms with Gasteiger partial charge in [-0.3, -0.25) is 9.59 Å². The van der Waals surface area contributed by atoms with Crippen LogP contribution in [-0.2, 0) is 33.3 Å². The van der Waals surface area contributed by atoms with E-state index in [9.17, 15) is 9.59 Å². The Morgan fingerprint density at radius 3 is 1.00 bits per heavy atom. The summed E-state index contributed by atoms with van der Waals surface area (Å²) in [5, 5.41) is 0. The van der Waals surface area contributed by atoms with Gasteiger partial charge < -0.3 is 23.7 Å². The van der Waals surface area contributed by atoms with Gasteiger partial charge in [0, 0.05) is 12.8 Å². The number of rotatable bonds is 29. The number of ether oxygens (including phenoxy) is 5. The zero-order valence-corrected chi connectivity index (χ0v) is 23.5. The van der Waals surface area contributed by atoms with Gasteiger partial charge in [0.2, 0.25) is 0 Å². The lowest BCUT2D eigenvalue weighted by atomic mass is 10.1. The molecule has 0 aliphatic heterocycles. The SMILES string of the molecule is CCCCCCCCCCCC(=O)OCCOCCOCCOCCOC(=O)CCCCCCCC. The molecular weight excluding hydrogens is 460 g/mol. The second-order valence-electron chi connectivity index (χ2n) is 9.37. The van der Waals surface area contributed by atoms with E-state index in [1.807, 2.05) is 0 Å². The number of unbranched alkanes of at least 4 members (excludes halogenated alkanes) is 13. The third-order valence-electron chi connectivity index (χ3n) is 5.94. The summed E-state index contributed by atoms with van der Waals surface area (Å²) in [5.74, 6) is -0.278. The number of carbonyl (C=O) groups excluding carboxylic acids is 2. The molecule has 0 unspecified atom stereocenters. The Hall–Kier alpha value is -1.18. The van der Waals surface area contributed by atoms with Crippen LogP contribution in [0.1, 0.15) is 123 Å². The number of esters is 2. The Kier molecular flexibility index (Phi) is 29.1. The highest BCUT2D eigenvalue weighted by Crippen LogP contribution is 2.11. The van der Waals surface area contributed by atoms with Gasteiger partial charge in [-0.15, -0.1) is 0 Å². The van der Waals surface area contributed by atoms with E-state index in [1.165, 1.54) is 70.6 Å². The lowest BCUT2D eigenvalue weighted by Gasteiger charge is -2.08. The molecule has 0 fully saturated rings. The number of hydrogen-bond acceptors (Lipinski definition) is 7. The van der Waals surface area contributed by atoms with Gasteiger partial charge in [-0.2, -0.15) is 0 Å². The van der Waals surface area contributed by atoms with Crippen LogP contribution < -0.4 is 0 Å². The number of carbonyl (C=O) groups is 2. The molecule has 0 aliphatic rings. The molecule has 214 valence electrons. The van der Waals surface area contributed by atoms with Crippen LogP contribution in [0.2, 0.25) is 0 Å². The average Bonchev–Trinajstić information content (AvgIpc) is 2.87. The summed E-state index contributed by atoms with van der Waals surface area (Å²) in [6, 6.07) is 0. The first-order valence-electron chi connectivity index (χ1n) is 14.7. The first-order chi connectivity index (χ1) is 17.7. The van der Waals surface area contributed by atoms with E-state index in [1.54, 1.807) is 0 Å². The first kappa shape index (κ1) is 34.8. The monoisotopic (exact) mass is 516 g/mol. The topological polar surface area (TPSA) is 80.3 Å². The van der Waals surface area contributed by atoms with E-state index in [2.05, 4.69) is 13.8 Å². The molecule has 0 atom stereocenters. The molecule has 0 rings (SSSR count). The molecule has 36 heavy (non-hydrogen) atoms. The maximum absolute atomic E-state index is 11.7. The molecule has 7 nitrogen and oxygen atoms in total. The van der Waals surface area contributed by atoms with Gasteiger partial charge in [-0.25, -0.2) is 0 Å². The predicted octanol–water partition coefficient (Wildman–Crippen LogP) is 6.79. The summed E-state index contributed by atoms with van der Waals surface area (Å²) in [5.41, 5.74) is 0. The molecule has 0 N–H and O–H groups in total. The summed E-state index contributed by atoms with van der Waals surface area (Å²) in [6.45, 7) is 7.60. The fourth-order valence-corrected chi connectivity index (χ4v) is 3.74. The largest absolute Gasteiger partial charge is 0.463 e. The Morgan fingerprint density at radius 1 is 0.389 bits per heavy atom. The zero-order valence-electron chi connectivity index (χ0n) is 23.5. The van der Waals surface area contributed by atoms with Crippen LogP contribution >= 0.6 is 0 Å². The van der Waals surface area contributed by atoms with Gasteiger partial charge in [0.1, 0.15) is 13.2 Å². The highest BCUT2D eigenvalue weighted by Gasteiger charge is 2.04. The van der Waals surface area contributed by atoms with Gasteiger partial charge in [-0.1, -0.05) is 97.3 Å². The van der Waals surface area contributed by atoms with E-state index in [4.69, 9.17) is 23.7 Å². The molecule has 0 bridgehead atoms. The average molecular weight is 517 g/mol. The molecule has 7 heteroatoms. The van der Waals surface area contributed by atoms with Crippen molar-refractivity contribution in [2.24, 2.45) is 0 Å². The van der Waals surface area contributed by atoms with E-state index < -0.39 is 0 Å². The van der Waals surface area contributed by atoms with Crippen LogP contribution in [0, 0.1) is 0 Å². The summed E-state index contributed by atoms with van der Waals surface area (Å²) >= 11 is 0. The van der Waals surface area contributed by atoms with Crippen molar-refractivity contribution in [2.45, 2.75) is 123 Å². The normalized spacial score (nSPS) is 11.1.